The summed E-state index contributed by atoms with van der Waals surface area (Å²) in [6, 6.07) is 9.39. The van der Waals surface area contributed by atoms with Gasteiger partial charge in [0.25, 0.3) is 11.5 Å². The van der Waals surface area contributed by atoms with E-state index in [-0.39, 0.29) is 23.9 Å². The number of benzene rings is 1. The zero-order chi connectivity index (χ0) is 18.0. The summed E-state index contributed by atoms with van der Waals surface area (Å²) in [4.78, 5) is 38.3. The molecule has 3 rings (SSSR count). The zero-order valence-electron chi connectivity index (χ0n) is 14.2. The summed E-state index contributed by atoms with van der Waals surface area (Å²) in [5, 5.41) is 8.97. The van der Waals surface area contributed by atoms with Crippen LogP contribution in [0.1, 0.15) is 33.6 Å². The van der Waals surface area contributed by atoms with Gasteiger partial charge in [-0.05, 0) is 25.0 Å². The Kier molecular flexibility index (Phi) is 4.65. The number of amides is 2. The summed E-state index contributed by atoms with van der Waals surface area (Å²) in [5.74, 6) is -0.477. The van der Waals surface area contributed by atoms with Crippen LogP contribution in [0.2, 0.25) is 0 Å². The minimum Gasteiger partial charge on any atom is -0.347 e. The molecule has 7 nitrogen and oxygen atoms in total. The van der Waals surface area contributed by atoms with Crippen LogP contribution in [0.5, 0.6) is 0 Å². The van der Waals surface area contributed by atoms with Crippen LogP contribution in [-0.2, 0) is 11.3 Å². The zero-order valence-corrected chi connectivity index (χ0v) is 14.2. The van der Waals surface area contributed by atoms with E-state index in [0.29, 0.717) is 24.3 Å². The van der Waals surface area contributed by atoms with Crippen molar-refractivity contribution in [1.29, 1.82) is 0 Å². The second-order valence-electron chi connectivity index (χ2n) is 6.27. The summed E-state index contributed by atoms with van der Waals surface area (Å²) < 4.78 is 0. The lowest BCUT2D eigenvalue weighted by Crippen LogP contribution is -2.40. The molecule has 1 atom stereocenters. The Morgan fingerprint density at radius 2 is 2.00 bits per heavy atom. The molecule has 0 spiro atoms. The predicted molar refractivity (Wildman–Crippen MR) is 92.1 cm³/mol. The van der Waals surface area contributed by atoms with E-state index in [1.165, 1.54) is 0 Å². The summed E-state index contributed by atoms with van der Waals surface area (Å²) in [7, 11) is 0. The number of H-pyrrole nitrogens is 1. The first kappa shape index (κ1) is 16.9. The van der Waals surface area contributed by atoms with E-state index in [4.69, 9.17) is 0 Å². The minimum absolute atomic E-state index is 0.00862. The maximum atomic E-state index is 12.5. The van der Waals surface area contributed by atoms with Gasteiger partial charge in [-0.2, -0.15) is 5.10 Å². The van der Waals surface area contributed by atoms with E-state index in [0.717, 1.165) is 5.56 Å². The van der Waals surface area contributed by atoms with Crippen molar-refractivity contribution >= 4 is 11.8 Å². The molecule has 0 bridgehead atoms. The summed E-state index contributed by atoms with van der Waals surface area (Å²) in [5.41, 5.74) is 1.72. The molecule has 1 fully saturated rings. The Bertz CT molecular complexity index is 860. The third-order valence-corrected chi connectivity index (χ3v) is 4.46. The predicted octanol–water partition coefficient (Wildman–Crippen LogP) is 0.918. The summed E-state index contributed by atoms with van der Waals surface area (Å²) in [6.07, 6.45) is 0.236. The van der Waals surface area contributed by atoms with Crippen LogP contribution in [-0.4, -0.2) is 39.5 Å². The number of aromatic nitrogens is 2. The van der Waals surface area contributed by atoms with Crippen molar-refractivity contribution in [2.75, 3.05) is 6.54 Å². The third kappa shape index (κ3) is 3.60. The van der Waals surface area contributed by atoms with E-state index < -0.39 is 11.5 Å². The Morgan fingerprint density at radius 1 is 1.28 bits per heavy atom. The first-order valence-electron chi connectivity index (χ1n) is 8.14. The fourth-order valence-corrected chi connectivity index (χ4v) is 2.98. The molecule has 25 heavy (non-hydrogen) atoms. The van der Waals surface area contributed by atoms with Gasteiger partial charge in [-0.1, -0.05) is 30.3 Å². The number of aromatic amines is 1. The van der Waals surface area contributed by atoms with Gasteiger partial charge in [-0.3, -0.25) is 14.4 Å². The molecule has 1 saturated heterocycles. The molecule has 130 valence electrons. The number of carbonyl (C=O) groups excluding carboxylic acids is 2. The van der Waals surface area contributed by atoms with E-state index >= 15 is 0 Å². The number of nitrogens with one attached hydrogen (secondary N) is 2. The fourth-order valence-electron chi connectivity index (χ4n) is 2.98. The summed E-state index contributed by atoms with van der Waals surface area (Å²) >= 11 is 0. The van der Waals surface area contributed by atoms with E-state index in [2.05, 4.69) is 15.5 Å². The average Bonchev–Trinajstić information content (AvgIpc) is 2.91. The lowest BCUT2D eigenvalue weighted by molar-refractivity contribution is -0.128. The van der Waals surface area contributed by atoms with Crippen molar-refractivity contribution < 1.29 is 9.59 Å². The van der Waals surface area contributed by atoms with Crippen LogP contribution >= 0.6 is 0 Å². The standard InChI is InChI=1S/C18H20N4O3/c1-11-12(2)20-21-18(25)16(11)17(24)19-14-8-15(23)22(10-14)9-13-6-4-3-5-7-13/h3-7,14H,8-10H2,1-2H3,(H,19,24)(H,21,25). The van der Waals surface area contributed by atoms with E-state index in [9.17, 15) is 14.4 Å². The third-order valence-electron chi connectivity index (χ3n) is 4.46. The van der Waals surface area contributed by atoms with Crippen LogP contribution in [0.15, 0.2) is 35.1 Å². The Labute approximate surface area is 145 Å². The van der Waals surface area contributed by atoms with Gasteiger partial charge in [0.2, 0.25) is 5.91 Å². The van der Waals surface area contributed by atoms with Gasteiger partial charge < -0.3 is 10.2 Å². The Hall–Kier alpha value is -2.96. The molecule has 7 heteroatoms. The number of aryl methyl sites for hydroxylation is 1. The first-order chi connectivity index (χ1) is 12.0. The number of nitrogens with zero attached hydrogens (tertiary/aromatic N) is 2. The minimum atomic E-state index is -0.522. The second-order valence-corrected chi connectivity index (χ2v) is 6.27. The van der Waals surface area contributed by atoms with Crippen LogP contribution in [0, 0.1) is 13.8 Å². The van der Waals surface area contributed by atoms with Gasteiger partial charge in [-0.25, -0.2) is 5.10 Å². The largest absolute Gasteiger partial charge is 0.347 e. The number of carbonyl (C=O) groups is 2. The summed E-state index contributed by atoms with van der Waals surface area (Å²) in [6.45, 7) is 4.36. The maximum Gasteiger partial charge on any atom is 0.277 e. The van der Waals surface area contributed by atoms with Crippen molar-refractivity contribution in [3.63, 3.8) is 0 Å². The molecule has 2 heterocycles. The van der Waals surface area contributed by atoms with Gasteiger partial charge in [0.05, 0.1) is 11.7 Å². The van der Waals surface area contributed by atoms with Crippen molar-refractivity contribution in [2.24, 2.45) is 0 Å². The number of hydrogen-bond donors (Lipinski definition) is 2. The van der Waals surface area contributed by atoms with Crippen molar-refractivity contribution in [3.05, 3.63) is 63.1 Å². The topological polar surface area (TPSA) is 95.2 Å². The smallest absolute Gasteiger partial charge is 0.277 e. The van der Waals surface area contributed by atoms with Crippen molar-refractivity contribution in [1.82, 2.24) is 20.4 Å². The lowest BCUT2D eigenvalue weighted by atomic mass is 10.1. The van der Waals surface area contributed by atoms with Crippen LogP contribution < -0.4 is 10.9 Å². The quantitative estimate of drug-likeness (QED) is 0.865. The van der Waals surface area contributed by atoms with Gasteiger partial charge in [0.1, 0.15) is 5.56 Å². The molecule has 0 saturated carbocycles. The highest BCUT2D eigenvalue weighted by molar-refractivity contribution is 5.96. The number of rotatable bonds is 4. The first-order valence-corrected chi connectivity index (χ1v) is 8.14. The molecule has 1 aliphatic rings. The van der Waals surface area contributed by atoms with Crippen LogP contribution in [0.25, 0.3) is 0 Å². The van der Waals surface area contributed by atoms with Crippen molar-refractivity contribution in [2.45, 2.75) is 32.9 Å². The molecule has 1 unspecified atom stereocenters. The molecular formula is C18H20N4O3. The highest BCUT2D eigenvalue weighted by Gasteiger charge is 2.31. The molecule has 1 aromatic carbocycles. The molecule has 1 aromatic heterocycles. The van der Waals surface area contributed by atoms with Gasteiger partial charge in [0.15, 0.2) is 0 Å². The van der Waals surface area contributed by atoms with Crippen LogP contribution in [0.4, 0.5) is 0 Å². The normalized spacial score (nSPS) is 17.0. The van der Waals surface area contributed by atoms with Gasteiger partial charge in [-0.15, -0.1) is 0 Å². The molecule has 1 aliphatic heterocycles. The maximum absolute atomic E-state index is 12.5. The highest BCUT2D eigenvalue weighted by Crippen LogP contribution is 2.16. The molecule has 2 aromatic rings. The van der Waals surface area contributed by atoms with Crippen LogP contribution in [0.3, 0.4) is 0 Å². The monoisotopic (exact) mass is 340 g/mol. The lowest BCUT2D eigenvalue weighted by Gasteiger charge is -2.17. The molecule has 2 N–H and O–H groups in total. The molecular weight excluding hydrogens is 320 g/mol. The van der Waals surface area contributed by atoms with E-state index in [1.807, 2.05) is 30.3 Å². The Morgan fingerprint density at radius 3 is 2.72 bits per heavy atom. The fraction of sp³-hybridized carbons (Fsp3) is 0.333. The van der Waals surface area contributed by atoms with Gasteiger partial charge in [0, 0.05) is 19.5 Å². The van der Waals surface area contributed by atoms with Gasteiger partial charge >= 0.3 is 0 Å². The highest BCUT2D eigenvalue weighted by atomic mass is 16.2. The average molecular weight is 340 g/mol. The number of hydrogen-bond acceptors (Lipinski definition) is 4. The number of likely N-dealkylation sites (tertiary alicyclic amines) is 1. The SMILES string of the molecule is Cc1n[nH]c(=O)c(C(=O)NC2CC(=O)N(Cc3ccccc3)C2)c1C. The van der Waals surface area contributed by atoms with E-state index in [1.54, 1.807) is 18.7 Å². The Balaban J connectivity index is 1.69. The molecule has 0 aliphatic carbocycles. The second kappa shape index (κ2) is 6.88. The van der Waals surface area contributed by atoms with Crippen molar-refractivity contribution in [3.8, 4) is 0 Å². The molecule has 0 radical (unpaired) electrons. The molecule has 2 amide bonds.